The number of aryl methyl sites for hydroxylation is 1. The number of hydrogen-bond donors (Lipinski definition) is 0. The third-order valence-corrected chi connectivity index (χ3v) is 5.57. The number of para-hydroxylation sites is 1. The summed E-state index contributed by atoms with van der Waals surface area (Å²) in [5, 5.41) is 14.3. The fourth-order valence-electron chi connectivity index (χ4n) is 2.69. The van der Waals surface area contributed by atoms with Crippen LogP contribution in [0.3, 0.4) is 0 Å². The molecule has 2 aromatic heterocycles. The topological polar surface area (TPSA) is 69.6 Å². The van der Waals surface area contributed by atoms with Crippen LogP contribution >= 0.6 is 35.0 Å². The van der Waals surface area contributed by atoms with Crippen molar-refractivity contribution in [1.29, 1.82) is 0 Å². The van der Waals surface area contributed by atoms with Crippen LogP contribution in [0.15, 0.2) is 58.2 Å². The highest BCUT2D eigenvalue weighted by Crippen LogP contribution is 2.38. The minimum atomic E-state index is -0.0959. The van der Waals surface area contributed by atoms with Crippen molar-refractivity contribution in [3.8, 4) is 17.1 Å². The van der Waals surface area contributed by atoms with Gasteiger partial charge in [-0.25, -0.2) is 0 Å². The van der Waals surface area contributed by atoms with Gasteiger partial charge in [-0.1, -0.05) is 58.3 Å². The molecular weight excluding hydrogens is 417 g/mol. The largest absolute Gasteiger partial charge is 0.338 e. The number of rotatable bonds is 5. The van der Waals surface area contributed by atoms with Gasteiger partial charge in [0.05, 0.1) is 10.3 Å². The van der Waals surface area contributed by atoms with Crippen molar-refractivity contribution in [2.45, 2.75) is 24.3 Å². The van der Waals surface area contributed by atoms with Crippen LogP contribution in [0.1, 0.15) is 23.9 Å². The summed E-state index contributed by atoms with van der Waals surface area (Å²) in [6.45, 7) is 3.77. The summed E-state index contributed by atoms with van der Waals surface area (Å²) in [7, 11) is 0. The maximum absolute atomic E-state index is 6.43. The lowest BCUT2D eigenvalue weighted by molar-refractivity contribution is 0.376. The Balaban J connectivity index is 1.80. The molecule has 4 aromatic rings. The molecule has 0 aliphatic rings. The van der Waals surface area contributed by atoms with Gasteiger partial charge < -0.3 is 4.52 Å². The SMILES string of the molecule is Cc1noc(C(C)Sc2nnc(-c3ccc(Cl)cc3Cl)n2-c2ccccc2)n1. The van der Waals surface area contributed by atoms with Gasteiger partial charge in [-0.15, -0.1) is 10.2 Å². The summed E-state index contributed by atoms with van der Waals surface area (Å²) in [6.07, 6.45) is 0. The van der Waals surface area contributed by atoms with Gasteiger partial charge in [0.15, 0.2) is 16.8 Å². The molecule has 1 atom stereocenters. The molecule has 0 fully saturated rings. The van der Waals surface area contributed by atoms with Gasteiger partial charge in [-0.3, -0.25) is 4.57 Å². The first-order valence-corrected chi connectivity index (χ1v) is 10.1. The van der Waals surface area contributed by atoms with Gasteiger partial charge in [0, 0.05) is 16.3 Å². The Kier molecular flexibility index (Phi) is 5.39. The number of aromatic nitrogens is 5. The zero-order chi connectivity index (χ0) is 19.7. The zero-order valence-electron chi connectivity index (χ0n) is 15.0. The van der Waals surface area contributed by atoms with E-state index in [1.165, 1.54) is 11.8 Å². The van der Waals surface area contributed by atoms with Crippen molar-refractivity contribution < 1.29 is 4.52 Å². The van der Waals surface area contributed by atoms with Crippen LogP contribution < -0.4 is 0 Å². The van der Waals surface area contributed by atoms with Crippen LogP contribution in [0.5, 0.6) is 0 Å². The standard InChI is InChI=1S/C19H15Cl2N5OS/c1-11(18-22-12(2)25-27-18)28-19-24-23-17(15-9-8-13(20)10-16(15)21)26(19)14-6-4-3-5-7-14/h3-11H,1-2H3. The lowest BCUT2D eigenvalue weighted by Gasteiger charge is -2.12. The van der Waals surface area contributed by atoms with Crippen LogP contribution in [-0.4, -0.2) is 24.9 Å². The molecule has 4 rings (SSSR count). The molecule has 0 amide bonds. The summed E-state index contributed by atoms with van der Waals surface area (Å²) in [4.78, 5) is 4.31. The number of benzene rings is 2. The number of nitrogens with zero attached hydrogens (tertiary/aromatic N) is 5. The highest BCUT2D eigenvalue weighted by atomic mass is 35.5. The third-order valence-electron chi connectivity index (χ3n) is 3.99. The van der Waals surface area contributed by atoms with E-state index in [1.807, 2.05) is 47.9 Å². The first kappa shape index (κ1) is 19.0. The lowest BCUT2D eigenvalue weighted by atomic mass is 10.2. The number of thioether (sulfide) groups is 1. The maximum atomic E-state index is 6.43. The number of hydrogen-bond acceptors (Lipinski definition) is 6. The van der Waals surface area contributed by atoms with E-state index in [1.54, 1.807) is 19.1 Å². The molecule has 1 unspecified atom stereocenters. The first-order valence-electron chi connectivity index (χ1n) is 8.46. The van der Waals surface area contributed by atoms with Gasteiger partial charge in [0.2, 0.25) is 5.89 Å². The van der Waals surface area contributed by atoms with E-state index in [0.717, 1.165) is 11.3 Å². The highest BCUT2D eigenvalue weighted by molar-refractivity contribution is 7.99. The average molecular weight is 432 g/mol. The average Bonchev–Trinajstić information content (AvgIpc) is 3.29. The second-order valence-electron chi connectivity index (χ2n) is 6.04. The molecule has 28 heavy (non-hydrogen) atoms. The number of halogens is 2. The van der Waals surface area contributed by atoms with Crippen molar-refractivity contribution in [3.05, 3.63) is 70.3 Å². The zero-order valence-corrected chi connectivity index (χ0v) is 17.3. The van der Waals surface area contributed by atoms with Crippen LogP contribution in [0.2, 0.25) is 10.0 Å². The fraction of sp³-hybridized carbons (Fsp3) is 0.158. The molecule has 9 heteroatoms. The van der Waals surface area contributed by atoms with Crippen molar-refractivity contribution in [2.24, 2.45) is 0 Å². The molecule has 2 heterocycles. The highest BCUT2D eigenvalue weighted by Gasteiger charge is 2.22. The third kappa shape index (κ3) is 3.78. The minimum absolute atomic E-state index is 0.0959. The predicted octanol–water partition coefficient (Wildman–Crippen LogP) is 5.79. The normalized spacial score (nSPS) is 12.3. The van der Waals surface area contributed by atoms with Crippen molar-refractivity contribution >= 4 is 35.0 Å². The van der Waals surface area contributed by atoms with Gasteiger partial charge in [0.25, 0.3) is 0 Å². The minimum Gasteiger partial charge on any atom is -0.338 e. The molecule has 6 nitrogen and oxygen atoms in total. The second kappa shape index (κ2) is 7.95. The maximum Gasteiger partial charge on any atom is 0.239 e. The van der Waals surface area contributed by atoms with Crippen LogP contribution in [0, 0.1) is 6.92 Å². The quantitative estimate of drug-likeness (QED) is 0.372. The Bertz CT molecular complexity index is 1110. The molecule has 0 saturated heterocycles. The fourth-order valence-corrected chi connectivity index (χ4v) is 4.08. The first-order chi connectivity index (χ1) is 13.5. The smallest absolute Gasteiger partial charge is 0.239 e. The molecule has 0 aliphatic heterocycles. The van der Waals surface area contributed by atoms with Gasteiger partial charge in [0.1, 0.15) is 0 Å². The molecule has 0 radical (unpaired) electrons. The van der Waals surface area contributed by atoms with Crippen molar-refractivity contribution in [2.75, 3.05) is 0 Å². The summed E-state index contributed by atoms with van der Waals surface area (Å²) < 4.78 is 7.25. The Morgan fingerprint density at radius 1 is 1.07 bits per heavy atom. The van der Waals surface area contributed by atoms with Crippen LogP contribution in [-0.2, 0) is 0 Å². The Labute approximate surface area is 175 Å². The molecule has 0 N–H and O–H groups in total. The van der Waals surface area contributed by atoms with Crippen molar-refractivity contribution in [1.82, 2.24) is 24.9 Å². The van der Waals surface area contributed by atoms with Gasteiger partial charge in [-0.2, -0.15) is 4.98 Å². The van der Waals surface area contributed by atoms with Gasteiger partial charge >= 0.3 is 0 Å². The lowest BCUT2D eigenvalue weighted by Crippen LogP contribution is -2.01. The molecule has 0 saturated carbocycles. The summed E-state index contributed by atoms with van der Waals surface area (Å²) >= 11 is 14.0. The van der Waals surface area contributed by atoms with E-state index >= 15 is 0 Å². The van der Waals surface area contributed by atoms with E-state index in [-0.39, 0.29) is 5.25 Å². The summed E-state index contributed by atoms with van der Waals surface area (Å²) in [5.41, 5.74) is 1.67. The molecule has 142 valence electrons. The van der Waals surface area contributed by atoms with E-state index in [9.17, 15) is 0 Å². The molecule has 0 bridgehead atoms. The van der Waals surface area contributed by atoms with Gasteiger partial charge in [-0.05, 0) is 44.2 Å². The Morgan fingerprint density at radius 2 is 1.86 bits per heavy atom. The van der Waals surface area contributed by atoms with Crippen molar-refractivity contribution in [3.63, 3.8) is 0 Å². The Hall–Kier alpha value is -2.35. The molecule has 2 aromatic carbocycles. The van der Waals surface area contributed by atoms with Crippen LogP contribution in [0.25, 0.3) is 17.1 Å². The summed E-state index contributed by atoms with van der Waals surface area (Å²) in [5.74, 6) is 1.76. The molecular formula is C19H15Cl2N5OS. The monoisotopic (exact) mass is 431 g/mol. The van der Waals surface area contributed by atoms with E-state index in [4.69, 9.17) is 27.7 Å². The summed E-state index contributed by atoms with van der Waals surface area (Å²) in [6, 6.07) is 15.2. The Morgan fingerprint density at radius 3 is 2.54 bits per heavy atom. The predicted molar refractivity (Wildman–Crippen MR) is 110 cm³/mol. The van der Waals surface area contributed by atoms with Crippen LogP contribution in [0.4, 0.5) is 0 Å². The second-order valence-corrected chi connectivity index (χ2v) is 8.19. The van der Waals surface area contributed by atoms with E-state index < -0.39 is 0 Å². The van der Waals surface area contributed by atoms with E-state index in [2.05, 4.69) is 20.3 Å². The molecule has 0 aliphatic carbocycles. The van der Waals surface area contributed by atoms with E-state index in [0.29, 0.717) is 32.7 Å². The molecule has 0 spiro atoms.